The molecule has 0 bridgehead atoms. The van der Waals surface area contributed by atoms with E-state index in [0.717, 1.165) is 5.69 Å². The Kier molecular flexibility index (Phi) is 5.98. The summed E-state index contributed by atoms with van der Waals surface area (Å²) in [7, 11) is 3.39. The fourth-order valence-corrected chi connectivity index (χ4v) is 2.82. The van der Waals surface area contributed by atoms with Crippen LogP contribution in [0.5, 0.6) is 0 Å². The van der Waals surface area contributed by atoms with E-state index in [-0.39, 0.29) is 18.6 Å². The lowest BCUT2D eigenvalue weighted by Gasteiger charge is -2.43. The van der Waals surface area contributed by atoms with Gasteiger partial charge < -0.3 is 19.3 Å². The third kappa shape index (κ3) is 5.15. The zero-order valence-electron chi connectivity index (χ0n) is 15.6. The van der Waals surface area contributed by atoms with E-state index in [1.165, 1.54) is 4.90 Å². The van der Waals surface area contributed by atoms with Crippen LogP contribution in [0.4, 0.5) is 5.82 Å². The van der Waals surface area contributed by atoms with Crippen LogP contribution in [-0.2, 0) is 14.3 Å². The summed E-state index contributed by atoms with van der Waals surface area (Å²) in [6.07, 6.45) is -0.201. The quantitative estimate of drug-likeness (QED) is 0.801. The van der Waals surface area contributed by atoms with Crippen LogP contribution in [0, 0.1) is 18.3 Å². The molecule has 1 saturated heterocycles. The maximum Gasteiger partial charge on any atom is 0.248 e. The van der Waals surface area contributed by atoms with E-state index in [9.17, 15) is 10.1 Å². The van der Waals surface area contributed by atoms with Crippen LogP contribution < -0.4 is 4.90 Å². The molecule has 0 saturated carbocycles. The van der Waals surface area contributed by atoms with Gasteiger partial charge in [0.05, 0.1) is 23.9 Å². The second-order valence-corrected chi connectivity index (χ2v) is 7.12. The van der Waals surface area contributed by atoms with Gasteiger partial charge in [-0.15, -0.1) is 0 Å². The number of pyridine rings is 1. The predicted octanol–water partition coefficient (Wildman–Crippen LogP) is 1.35. The molecular weight excluding hydrogens is 320 g/mol. The molecule has 2 rings (SSSR count). The highest BCUT2D eigenvalue weighted by Gasteiger charge is 2.35. The summed E-state index contributed by atoms with van der Waals surface area (Å²) in [4.78, 5) is 19.7. The first-order valence-electron chi connectivity index (χ1n) is 8.30. The van der Waals surface area contributed by atoms with Crippen molar-refractivity contribution in [2.45, 2.75) is 32.5 Å². The monoisotopic (exact) mass is 346 g/mol. The van der Waals surface area contributed by atoms with Crippen LogP contribution in [0.25, 0.3) is 0 Å². The molecular formula is C18H26N4O3. The molecule has 7 nitrogen and oxygen atoms in total. The van der Waals surface area contributed by atoms with Gasteiger partial charge in [-0.1, -0.05) is 0 Å². The lowest BCUT2D eigenvalue weighted by Crippen LogP contribution is -2.54. The highest BCUT2D eigenvalue weighted by molar-refractivity contribution is 5.76. The fraction of sp³-hybridized carbons (Fsp3) is 0.611. The van der Waals surface area contributed by atoms with Crippen LogP contribution in [0.2, 0.25) is 0 Å². The van der Waals surface area contributed by atoms with E-state index in [0.29, 0.717) is 31.1 Å². The van der Waals surface area contributed by atoms with E-state index in [1.807, 2.05) is 26.8 Å². The highest BCUT2D eigenvalue weighted by atomic mass is 16.5. The molecule has 25 heavy (non-hydrogen) atoms. The number of nitrogens with zero attached hydrogens (tertiary/aromatic N) is 4. The first kappa shape index (κ1) is 19.2. The van der Waals surface area contributed by atoms with Crippen LogP contribution >= 0.6 is 0 Å². The minimum atomic E-state index is -0.407. The molecule has 1 amide bonds. The Morgan fingerprint density at radius 1 is 1.52 bits per heavy atom. The van der Waals surface area contributed by atoms with Gasteiger partial charge in [-0.05, 0) is 32.9 Å². The molecule has 1 aliphatic rings. The SMILES string of the molecule is Cc1ccc(C#N)c(N2C[C@@H](COCC(=O)N(C)C)OC(C)(C)C2)n1. The second kappa shape index (κ2) is 7.81. The van der Waals surface area contributed by atoms with Crippen molar-refractivity contribution in [2.75, 3.05) is 45.3 Å². The van der Waals surface area contributed by atoms with E-state index >= 15 is 0 Å². The number of morpholine rings is 1. The van der Waals surface area contributed by atoms with Gasteiger partial charge in [0.15, 0.2) is 0 Å². The van der Waals surface area contributed by atoms with Crippen LogP contribution in [-0.4, -0.2) is 67.9 Å². The minimum Gasteiger partial charge on any atom is -0.369 e. The minimum absolute atomic E-state index is 0.0272. The number of aryl methyl sites for hydroxylation is 1. The van der Waals surface area contributed by atoms with E-state index in [2.05, 4.69) is 16.0 Å². The summed E-state index contributed by atoms with van der Waals surface area (Å²) in [6.45, 7) is 7.43. The molecule has 1 aromatic heterocycles. The van der Waals surface area contributed by atoms with Gasteiger partial charge in [-0.25, -0.2) is 4.98 Å². The molecule has 1 aromatic rings. The number of rotatable bonds is 5. The summed E-state index contributed by atoms with van der Waals surface area (Å²) in [5, 5.41) is 9.38. The van der Waals surface area contributed by atoms with Crippen molar-refractivity contribution in [1.29, 1.82) is 5.26 Å². The molecule has 7 heteroatoms. The molecule has 1 aliphatic heterocycles. The number of nitriles is 1. The molecule has 0 aromatic carbocycles. The molecule has 136 valence electrons. The number of likely N-dealkylation sites (N-methyl/N-ethyl adjacent to an activating group) is 1. The van der Waals surface area contributed by atoms with Crippen LogP contribution in [0.3, 0.4) is 0 Å². The van der Waals surface area contributed by atoms with E-state index < -0.39 is 5.60 Å². The van der Waals surface area contributed by atoms with Crippen molar-refractivity contribution in [3.05, 3.63) is 23.4 Å². The Balaban J connectivity index is 2.09. The van der Waals surface area contributed by atoms with Crippen molar-refractivity contribution in [2.24, 2.45) is 0 Å². The van der Waals surface area contributed by atoms with Crippen molar-refractivity contribution >= 4 is 11.7 Å². The predicted molar refractivity (Wildman–Crippen MR) is 94.4 cm³/mol. The largest absolute Gasteiger partial charge is 0.369 e. The number of carbonyl (C=O) groups is 1. The topological polar surface area (TPSA) is 78.7 Å². The summed E-state index contributed by atoms with van der Waals surface area (Å²) >= 11 is 0. The average Bonchev–Trinajstić information content (AvgIpc) is 2.53. The lowest BCUT2D eigenvalue weighted by atomic mass is 10.0. The van der Waals surface area contributed by atoms with E-state index in [1.54, 1.807) is 20.2 Å². The molecule has 0 aliphatic carbocycles. The molecule has 2 heterocycles. The Hall–Kier alpha value is -2.17. The first-order valence-corrected chi connectivity index (χ1v) is 8.30. The Morgan fingerprint density at radius 2 is 2.24 bits per heavy atom. The van der Waals surface area contributed by atoms with Gasteiger partial charge in [0.25, 0.3) is 0 Å². The third-order valence-corrected chi connectivity index (χ3v) is 3.94. The fourth-order valence-electron chi connectivity index (χ4n) is 2.82. The second-order valence-electron chi connectivity index (χ2n) is 7.12. The Morgan fingerprint density at radius 3 is 2.88 bits per heavy atom. The summed E-state index contributed by atoms with van der Waals surface area (Å²) in [5.41, 5.74) is 1.00. The summed E-state index contributed by atoms with van der Waals surface area (Å²) in [6, 6.07) is 5.83. The van der Waals surface area contributed by atoms with Gasteiger partial charge in [0.2, 0.25) is 5.91 Å². The van der Waals surface area contributed by atoms with Crippen molar-refractivity contribution < 1.29 is 14.3 Å². The number of aromatic nitrogens is 1. The van der Waals surface area contributed by atoms with Crippen LogP contribution in [0.15, 0.2) is 12.1 Å². The number of carbonyl (C=O) groups excluding carboxylic acids is 1. The third-order valence-electron chi connectivity index (χ3n) is 3.94. The smallest absolute Gasteiger partial charge is 0.248 e. The van der Waals surface area contributed by atoms with E-state index in [4.69, 9.17) is 9.47 Å². The molecule has 1 atom stereocenters. The van der Waals surface area contributed by atoms with Crippen molar-refractivity contribution in [1.82, 2.24) is 9.88 Å². The maximum atomic E-state index is 11.6. The molecule has 0 unspecified atom stereocenters. The van der Waals surface area contributed by atoms with Gasteiger partial charge in [0, 0.05) is 32.9 Å². The molecule has 1 fully saturated rings. The maximum absolute atomic E-state index is 11.6. The molecule has 0 N–H and O–H groups in total. The highest BCUT2D eigenvalue weighted by Crippen LogP contribution is 2.27. The first-order chi connectivity index (χ1) is 11.7. The van der Waals surface area contributed by atoms with Gasteiger partial charge in [-0.2, -0.15) is 5.26 Å². The standard InChI is InChI=1S/C18H26N4O3/c1-13-6-7-14(8-19)17(20-13)22-9-15(25-18(2,3)12-22)10-24-11-16(23)21(4)5/h6-7,15H,9-12H2,1-5H3/t15-/m0/s1. The average molecular weight is 346 g/mol. The van der Waals surface area contributed by atoms with Crippen molar-refractivity contribution in [3.8, 4) is 6.07 Å². The molecule has 0 radical (unpaired) electrons. The zero-order chi connectivity index (χ0) is 18.6. The lowest BCUT2D eigenvalue weighted by molar-refractivity contribution is -0.139. The number of hydrogen-bond acceptors (Lipinski definition) is 6. The van der Waals surface area contributed by atoms with Gasteiger partial charge in [-0.3, -0.25) is 4.79 Å². The zero-order valence-corrected chi connectivity index (χ0v) is 15.6. The van der Waals surface area contributed by atoms with Crippen LogP contribution in [0.1, 0.15) is 25.1 Å². The Bertz CT molecular complexity index is 667. The number of ether oxygens (including phenoxy) is 2. The van der Waals surface area contributed by atoms with Gasteiger partial charge in [0.1, 0.15) is 18.5 Å². The number of amides is 1. The Labute approximate surface area is 149 Å². The molecule has 0 spiro atoms. The number of anilines is 1. The van der Waals surface area contributed by atoms with Gasteiger partial charge >= 0.3 is 0 Å². The normalized spacial score (nSPS) is 19.4. The summed E-state index contributed by atoms with van der Waals surface area (Å²) in [5.74, 6) is 0.590. The summed E-state index contributed by atoms with van der Waals surface area (Å²) < 4.78 is 11.6. The van der Waals surface area contributed by atoms with Crippen molar-refractivity contribution in [3.63, 3.8) is 0 Å². The number of hydrogen-bond donors (Lipinski definition) is 0.